The Labute approximate surface area is 117 Å². The van der Waals surface area contributed by atoms with Gasteiger partial charge in [-0.1, -0.05) is 11.6 Å². The highest BCUT2D eigenvalue weighted by Gasteiger charge is 2.16. The average molecular weight is 282 g/mol. The van der Waals surface area contributed by atoms with Crippen molar-refractivity contribution in [3.05, 3.63) is 28.8 Å². The van der Waals surface area contributed by atoms with Gasteiger partial charge in [-0.15, -0.1) is 0 Å². The largest absolute Gasteiger partial charge is 0.492 e. The first-order valence-electron chi connectivity index (χ1n) is 5.92. The van der Waals surface area contributed by atoms with Gasteiger partial charge in [-0.2, -0.15) is 5.26 Å². The molecular weight excluding hydrogens is 266 g/mol. The van der Waals surface area contributed by atoms with E-state index < -0.39 is 5.97 Å². The highest BCUT2D eigenvalue weighted by molar-refractivity contribution is 6.32. The Morgan fingerprint density at radius 2 is 2.21 bits per heavy atom. The number of nitriles is 1. The number of carboxylic acids is 1. The number of halogens is 1. The molecule has 0 atom stereocenters. The van der Waals surface area contributed by atoms with Gasteiger partial charge in [-0.05, 0) is 44.9 Å². The molecule has 4 nitrogen and oxygen atoms in total. The van der Waals surface area contributed by atoms with Crippen molar-refractivity contribution in [3.63, 3.8) is 0 Å². The maximum Gasteiger partial charge on any atom is 0.335 e. The van der Waals surface area contributed by atoms with Crippen LogP contribution in [0.1, 0.15) is 37.0 Å². The molecule has 0 fully saturated rings. The molecule has 0 unspecified atom stereocenters. The van der Waals surface area contributed by atoms with Gasteiger partial charge in [0.2, 0.25) is 0 Å². The lowest BCUT2D eigenvalue weighted by molar-refractivity contribution is 0.0697. The van der Waals surface area contributed by atoms with E-state index in [2.05, 4.69) is 6.07 Å². The molecule has 0 saturated carbocycles. The summed E-state index contributed by atoms with van der Waals surface area (Å²) in [5, 5.41) is 17.9. The lowest BCUT2D eigenvalue weighted by atomic mass is 9.90. The summed E-state index contributed by atoms with van der Waals surface area (Å²) >= 11 is 5.93. The molecule has 0 heterocycles. The van der Waals surface area contributed by atoms with E-state index in [9.17, 15) is 4.79 Å². The second-order valence-electron chi connectivity index (χ2n) is 4.90. The van der Waals surface area contributed by atoms with Crippen molar-refractivity contribution in [2.45, 2.75) is 26.7 Å². The number of hydrogen-bond donors (Lipinski definition) is 1. The third kappa shape index (κ3) is 4.80. The molecule has 0 saturated heterocycles. The Hall–Kier alpha value is -1.73. The quantitative estimate of drug-likeness (QED) is 0.806. The Morgan fingerprint density at radius 1 is 1.53 bits per heavy atom. The van der Waals surface area contributed by atoms with Crippen molar-refractivity contribution in [2.24, 2.45) is 5.41 Å². The fourth-order valence-corrected chi connectivity index (χ4v) is 1.74. The number of rotatable bonds is 6. The number of carbonyl (C=O) groups is 1. The predicted octanol–water partition coefficient (Wildman–Crippen LogP) is 3.75. The monoisotopic (exact) mass is 281 g/mol. The molecule has 0 aliphatic rings. The van der Waals surface area contributed by atoms with Gasteiger partial charge in [0.05, 0.1) is 28.7 Å². The van der Waals surface area contributed by atoms with Crippen LogP contribution in [0.2, 0.25) is 5.02 Å². The number of carboxylic acid groups (broad SMARTS) is 1. The van der Waals surface area contributed by atoms with E-state index in [1.807, 2.05) is 13.8 Å². The molecule has 19 heavy (non-hydrogen) atoms. The first-order valence-corrected chi connectivity index (χ1v) is 6.30. The van der Waals surface area contributed by atoms with Crippen molar-refractivity contribution in [1.82, 2.24) is 0 Å². The molecule has 0 amide bonds. The average Bonchev–Trinajstić information content (AvgIpc) is 2.36. The van der Waals surface area contributed by atoms with Crippen molar-refractivity contribution < 1.29 is 14.6 Å². The zero-order chi connectivity index (χ0) is 14.5. The van der Waals surface area contributed by atoms with Crippen LogP contribution in [-0.2, 0) is 0 Å². The predicted molar refractivity (Wildman–Crippen MR) is 72.5 cm³/mol. The molecule has 0 aliphatic carbocycles. The summed E-state index contributed by atoms with van der Waals surface area (Å²) in [6.45, 7) is 4.19. The van der Waals surface area contributed by atoms with Crippen LogP contribution >= 0.6 is 11.6 Å². The molecule has 0 spiro atoms. The molecule has 102 valence electrons. The fourth-order valence-electron chi connectivity index (χ4n) is 1.50. The smallest absolute Gasteiger partial charge is 0.335 e. The molecule has 0 aliphatic heterocycles. The van der Waals surface area contributed by atoms with Crippen LogP contribution in [-0.4, -0.2) is 17.7 Å². The van der Waals surface area contributed by atoms with Gasteiger partial charge < -0.3 is 9.84 Å². The fraction of sp³-hybridized carbons (Fsp3) is 0.429. The van der Waals surface area contributed by atoms with E-state index in [4.69, 9.17) is 26.7 Å². The first kappa shape index (κ1) is 15.3. The summed E-state index contributed by atoms with van der Waals surface area (Å²) < 4.78 is 5.48. The molecule has 1 aromatic carbocycles. The molecule has 1 aromatic rings. The van der Waals surface area contributed by atoms with Gasteiger partial charge in [0.25, 0.3) is 0 Å². The van der Waals surface area contributed by atoms with E-state index in [0.29, 0.717) is 12.4 Å². The number of nitrogens with zero attached hydrogens (tertiary/aromatic N) is 1. The van der Waals surface area contributed by atoms with E-state index in [-0.39, 0.29) is 16.0 Å². The van der Waals surface area contributed by atoms with Gasteiger partial charge in [0.15, 0.2) is 0 Å². The molecule has 5 heteroatoms. The van der Waals surface area contributed by atoms with Crippen LogP contribution < -0.4 is 4.74 Å². The van der Waals surface area contributed by atoms with Crippen LogP contribution in [0, 0.1) is 16.7 Å². The van der Waals surface area contributed by atoms with Gasteiger partial charge in [-0.25, -0.2) is 4.79 Å². The van der Waals surface area contributed by atoms with Gasteiger partial charge in [0.1, 0.15) is 5.75 Å². The van der Waals surface area contributed by atoms with E-state index in [0.717, 1.165) is 12.8 Å². The van der Waals surface area contributed by atoms with Crippen LogP contribution in [0.3, 0.4) is 0 Å². The van der Waals surface area contributed by atoms with Crippen LogP contribution in [0.25, 0.3) is 0 Å². The molecule has 0 bridgehead atoms. The Morgan fingerprint density at radius 3 is 2.74 bits per heavy atom. The summed E-state index contributed by atoms with van der Waals surface area (Å²) in [5.74, 6) is -0.564. The zero-order valence-electron chi connectivity index (χ0n) is 10.9. The Bertz CT molecular complexity index is 506. The second-order valence-corrected chi connectivity index (χ2v) is 5.31. The van der Waals surface area contributed by atoms with Crippen molar-refractivity contribution in [1.29, 1.82) is 5.26 Å². The van der Waals surface area contributed by atoms with Crippen LogP contribution in [0.15, 0.2) is 18.2 Å². The standard InChI is InChI=1S/C14H16ClNO3/c1-14(2,9-16)6-3-7-19-12-5-4-10(13(17)18)8-11(12)15/h4-5,8H,3,6-7H2,1-2H3,(H,17,18). The Kier molecular flexibility index (Phi) is 5.20. The van der Waals surface area contributed by atoms with E-state index in [1.54, 1.807) is 6.07 Å². The number of benzene rings is 1. The van der Waals surface area contributed by atoms with Gasteiger partial charge in [0, 0.05) is 0 Å². The Balaban J connectivity index is 2.51. The van der Waals surface area contributed by atoms with Crippen LogP contribution in [0.5, 0.6) is 5.75 Å². The van der Waals surface area contributed by atoms with Crippen molar-refractivity contribution in [3.8, 4) is 11.8 Å². The van der Waals surface area contributed by atoms with Gasteiger partial charge >= 0.3 is 5.97 Å². The minimum Gasteiger partial charge on any atom is -0.492 e. The highest BCUT2D eigenvalue weighted by atomic mass is 35.5. The van der Waals surface area contributed by atoms with Gasteiger partial charge in [-0.3, -0.25) is 0 Å². The lowest BCUT2D eigenvalue weighted by Crippen LogP contribution is -2.10. The summed E-state index contributed by atoms with van der Waals surface area (Å²) in [5.41, 5.74) is -0.233. The number of hydrogen-bond acceptors (Lipinski definition) is 3. The maximum absolute atomic E-state index is 10.7. The molecular formula is C14H16ClNO3. The molecule has 0 aromatic heterocycles. The van der Waals surface area contributed by atoms with E-state index in [1.165, 1.54) is 12.1 Å². The first-order chi connectivity index (χ1) is 8.85. The topological polar surface area (TPSA) is 70.3 Å². The third-order valence-electron chi connectivity index (χ3n) is 2.69. The summed E-state index contributed by atoms with van der Waals surface area (Å²) in [6, 6.07) is 6.57. The van der Waals surface area contributed by atoms with E-state index >= 15 is 0 Å². The lowest BCUT2D eigenvalue weighted by Gasteiger charge is -2.15. The number of ether oxygens (including phenoxy) is 1. The molecule has 1 N–H and O–H groups in total. The second kappa shape index (κ2) is 6.44. The molecule has 1 rings (SSSR count). The summed E-state index contributed by atoms with van der Waals surface area (Å²) in [4.78, 5) is 10.7. The zero-order valence-corrected chi connectivity index (χ0v) is 11.7. The van der Waals surface area contributed by atoms with Crippen molar-refractivity contribution in [2.75, 3.05) is 6.61 Å². The maximum atomic E-state index is 10.7. The van der Waals surface area contributed by atoms with Crippen LogP contribution in [0.4, 0.5) is 0 Å². The minimum atomic E-state index is -1.02. The normalized spacial score (nSPS) is 10.8. The highest BCUT2D eigenvalue weighted by Crippen LogP contribution is 2.26. The SMILES string of the molecule is CC(C)(C#N)CCCOc1ccc(C(=O)O)cc1Cl. The minimum absolute atomic E-state index is 0.128. The summed E-state index contributed by atoms with van der Waals surface area (Å²) in [6.07, 6.45) is 1.46. The summed E-state index contributed by atoms with van der Waals surface area (Å²) in [7, 11) is 0. The van der Waals surface area contributed by atoms with Crippen molar-refractivity contribution >= 4 is 17.6 Å². The number of aromatic carboxylic acids is 1. The third-order valence-corrected chi connectivity index (χ3v) is 2.98. The molecule has 0 radical (unpaired) electrons.